The van der Waals surface area contributed by atoms with Gasteiger partial charge in [0.15, 0.2) is 0 Å². The number of aromatic nitrogens is 1. The highest BCUT2D eigenvalue weighted by Crippen LogP contribution is 2.41. The molecule has 3 rings (SSSR count). The smallest absolute Gasteiger partial charge is 0.119 e. The van der Waals surface area contributed by atoms with E-state index in [1.54, 1.807) is 7.11 Å². The Bertz CT molecular complexity index is 529. The van der Waals surface area contributed by atoms with Gasteiger partial charge in [-0.3, -0.25) is 0 Å². The van der Waals surface area contributed by atoms with E-state index in [9.17, 15) is 0 Å². The lowest BCUT2D eigenvalue weighted by molar-refractivity contribution is 0.415. The number of H-pyrrole nitrogens is 1. The first-order valence-corrected chi connectivity index (χ1v) is 6.43. The molecule has 1 aliphatic carbocycles. The summed E-state index contributed by atoms with van der Waals surface area (Å²) >= 11 is 0. The predicted octanol–water partition coefficient (Wildman–Crippen LogP) is 4.08. The zero-order valence-corrected chi connectivity index (χ0v) is 10.5. The highest BCUT2D eigenvalue weighted by atomic mass is 16.5. The SMILES string of the molecule is COc1ccc2[nH]cc(C3CCC(C)C3)c2c1. The van der Waals surface area contributed by atoms with Gasteiger partial charge in [0.1, 0.15) is 5.75 Å². The second-order valence-corrected chi connectivity index (χ2v) is 5.27. The third-order valence-electron chi connectivity index (χ3n) is 4.06. The van der Waals surface area contributed by atoms with Crippen LogP contribution in [0.15, 0.2) is 24.4 Å². The van der Waals surface area contributed by atoms with E-state index in [1.807, 2.05) is 6.07 Å². The highest BCUT2D eigenvalue weighted by molar-refractivity contribution is 5.85. The Morgan fingerprint density at radius 2 is 2.18 bits per heavy atom. The summed E-state index contributed by atoms with van der Waals surface area (Å²) in [6, 6.07) is 6.28. The van der Waals surface area contributed by atoms with Gasteiger partial charge in [-0.05, 0) is 48.4 Å². The van der Waals surface area contributed by atoms with E-state index >= 15 is 0 Å². The minimum Gasteiger partial charge on any atom is -0.497 e. The summed E-state index contributed by atoms with van der Waals surface area (Å²) in [5.74, 6) is 2.55. The maximum atomic E-state index is 5.32. The second-order valence-electron chi connectivity index (χ2n) is 5.27. The molecular formula is C15H19NO. The molecule has 2 heteroatoms. The summed E-state index contributed by atoms with van der Waals surface area (Å²) in [6.45, 7) is 2.36. The van der Waals surface area contributed by atoms with Crippen molar-refractivity contribution in [2.75, 3.05) is 7.11 Å². The number of aromatic amines is 1. The number of rotatable bonds is 2. The average molecular weight is 229 g/mol. The van der Waals surface area contributed by atoms with Crippen LogP contribution in [0.1, 0.15) is 37.7 Å². The normalized spacial score (nSPS) is 24.4. The third-order valence-corrected chi connectivity index (χ3v) is 4.06. The molecule has 17 heavy (non-hydrogen) atoms. The van der Waals surface area contributed by atoms with Crippen LogP contribution in [0.2, 0.25) is 0 Å². The van der Waals surface area contributed by atoms with Gasteiger partial charge in [0.05, 0.1) is 7.11 Å². The molecule has 1 N–H and O–H groups in total. The van der Waals surface area contributed by atoms with Crippen molar-refractivity contribution in [2.24, 2.45) is 5.92 Å². The van der Waals surface area contributed by atoms with E-state index in [0.29, 0.717) is 0 Å². The predicted molar refractivity (Wildman–Crippen MR) is 70.6 cm³/mol. The van der Waals surface area contributed by atoms with Gasteiger partial charge in [-0.1, -0.05) is 13.3 Å². The maximum Gasteiger partial charge on any atom is 0.119 e. The number of hydrogen-bond acceptors (Lipinski definition) is 1. The van der Waals surface area contributed by atoms with E-state index < -0.39 is 0 Å². The lowest BCUT2D eigenvalue weighted by Gasteiger charge is -2.08. The number of methoxy groups -OCH3 is 1. The molecule has 0 spiro atoms. The van der Waals surface area contributed by atoms with Crippen LogP contribution in [0, 0.1) is 5.92 Å². The van der Waals surface area contributed by atoms with Crippen LogP contribution in [-0.4, -0.2) is 12.1 Å². The summed E-state index contributed by atoms with van der Waals surface area (Å²) in [7, 11) is 1.73. The largest absolute Gasteiger partial charge is 0.497 e. The molecule has 1 aromatic heterocycles. The van der Waals surface area contributed by atoms with Crippen LogP contribution in [0.5, 0.6) is 5.75 Å². The molecule has 1 fully saturated rings. The van der Waals surface area contributed by atoms with Gasteiger partial charge in [0.25, 0.3) is 0 Å². The number of ether oxygens (including phenoxy) is 1. The summed E-state index contributed by atoms with van der Waals surface area (Å²) < 4.78 is 5.32. The van der Waals surface area contributed by atoms with Gasteiger partial charge < -0.3 is 9.72 Å². The number of fused-ring (bicyclic) bond motifs is 1. The summed E-state index contributed by atoms with van der Waals surface area (Å²) in [4.78, 5) is 3.38. The molecular weight excluding hydrogens is 210 g/mol. The molecule has 0 saturated heterocycles. The van der Waals surface area contributed by atoms with Crippen LogP contribution >= 0.6 is 0 Å². The highest BCUT2D eigenvalue weighted by Gasteiger charge is 2.24. The molecule has 0 radical (unpaired) electrons. The first-order chi connectivity index (χ1) is 8.28. The van der Waals surface area contributed by atoms with Crippen molar-refractivity contribution < 1.29 is 4.74 Å². The van der Waals surface area contributed by atoms with E-state index in [2.05, 4.69) is 30.2 Å². The molecule has 1 aromatic carbocycles. The summed E-state index contributed by atoms with van der Waals surface area (Å²) in [6.07, 6.45) is 6.20. The minimum absolute atomic E-state index is 0.728. The molecule has 90 valence electrons. The van der Waals surface area contributed by atoms with Crippen molar-refractivity contribution in [3.8, 4) is 5.75 Å². The van der Waals surface area contributed by atoms with Gasteiger partial charge in [0.2, 0.25) is 0 Å². The lowest BCUT2D eigenvalue weighted by atomic mass is 9.96. The van der Waals surface area contributed by atoms with Crippen molar-refractivity contribution in [3.63, 3.8) is 0 Å². The first-order valence-electron chi connectivity index (χ1n) is 6.43. The van der Waals surface area contributed by atoms with E-state index in [-0.39, 0.29) is 0 Å². The Balaban J connectivity index is 2.04. The average Bonchev–Trinajstić information content (AvgIpc) is 2.93. The molecule has 2 nitrogen and oxygen atoms in total. The van der Waals surface area contributed by atoms with Gasteiger partial charge in [-0.15, -0.1) is 0 Å². The lowest BCUT2D eigenvalue weighted by Crippen LogP contribution is -1.92. The van der Waals surface area contributed by atoms with Crippen LogP contribution < -0.4 is 4.74 Å². The van der Waals surface area contributed by atoms with Crippen molar-refractivity contribution in [1.29, 1.82) is 0 Å². The Morgan fingerprint density at radius 3 is 2.88 bits per heavy atom. The van der Waals surface area contributed by atoms with Gasteiger partial charge in [0, 0.05) is 17.1 Å². The van der Waals surface area contributed by atoms with Gasteiger partial charge >= 0.3 is 0 Å². The van der Waals surface area contributed by atoms with Crippen LogP contribution in [0.25, 0.3) is 10.9 Å². The van der Waals surface area contributed by atoms with Crippen LogP contribution in [0.4, 0.5) is 0 Å². The quantitative estimate of drug-likeness (QED) is 0.824. The standard InChI is InChI=1S/C15H19NO/c1-10-3-4-11(7-10)14-9-16-15-6-5-12(17-2)8-13(14)15/h5-6,8-11,16H,3-4,7H2,1-2H3. The van der Waals surface area contributed by atoms with Crippen molar-refractivity contribution in [2.45, 2.75) is 32.1 Å². The fourth-order valence-electron chi connectivity index (χ4n) is 3.08. The monoisotopic (exact) mass is 229 g/mol. The Morgan fingerprint density at radius 1 is 1.29 bits per heavy atom. The molecule has 1 aliphatic rings. The third kappa shape index (κ3) is 1.82. The van der Waals surface area contributed by atoms with Gasteiger partial charge in [-0.2, -0.15) is 0 Å². The molecule has 2 aromatic rings. The topological polar surface area (TPSA) is 25.0 Å². The van der Waals surface area contributed by atoms with E-state index in [1.165, 1.54) is 35.7 Å². The molecule has 0 amide bonds. The molecule has 2 atom stereocenters. The fraction of sp³-hybridized carbons (Fsp3) is 0.467. The molecule has 2 unspecified atom stereocenters. The molecule has 1 saturated carbocycles. The zero-order chi connectivity index (χ0) is 11.8. The minimum atomic E-state index is 0.728. The van der Waals surface area contributed by atoms with Crippen molar-refractivity contribution >= 4 is 10.9 Å². The first kappa shape index (κ1) is 10.7. The van der Waals surface area contributed by atoms with Crippen LogP contribution in [0.3, 0.4) is 0 Å². The van der Waals surface area contributed by atoms with Crippen molar-refractivity contribution in [1.82, 2.24) is 4.98 Å². The number of benzene rings is 1. The summed E-state index contributed by atoms with van der Waals surface area (Å²) in [5, 5.41) is 1.34. The number of nitrogens with one attached hydrogen (secondary N) is 1. The van der Waals surface area contributed by atoms with E-state index in [0.717, 1.165) is 17.6 Å². The second kappa shape index (κ2) is 4.10. The Hall–Kier alpha value is -1.44. The zero-order valence-electron chi connectivity index (χ0n) is 10.5. The fourth-order valence-corrected chi connectivity index (χ4v) is 3.08. The molecule has 1 heterocycles. The van der Waals surface area contributed by atoms with Crippen LogP contribution in [-0.2, 0) is 0 Å². The molecule has 0 bridgehead atoms. The Kier molecular flexibility index (Phi) is 2.58. The Labute approximate surface area is 102 Å². The number of hydrogen-bond donors (Lipinski definition) is 1. The molecule has 0 aliphatic heterocycles. The maximum absolute atomic E-state index is 5.32. The summed E-state index contributed by atoms with van der Waals surface area (Å²) in [5.41, 5.74) is 2.70. The van der Waals surface area contributed by atoms with Gasteiger partial charge in [-0.25, -0.2) is 0 Å². The van der Waals surface area contributed by atoms with Crippen molar-refractivity contribution in [3.05, 3.63) is 30.0 Å². The van der Waals surface area contributed by atoms with E-state index in [4.69, 9.17) is 4.74 Å².